The van der Waals surface area contributed by atoms with Crippen molar-refractivity contribution in [3.05, 3.63) is 59.3 Å². The molecule has 3 rings (SSSR count). The van der Waals surface area contributed by atoms with Gasteiger partial charge in [-0.05, 0) is 24.3 Å². The summed E-state index contributed by atoms with van der Waals surface area (Å²) in [5, 5.41) is 6.74. The molecule has 2 aromatic heterocycles. The Hall–Kier alpha value is -2.41. The van der Waals surface area contributed by atoms with Gasteiger partial charge in [0.2, 0.25) is 0 Å². The van der Waals surface area contributed by atoms with Crippen molar-refractivity contribution in [3.63, 3.8) is 0 Å². The largest absolute Gasteiger partial charge is 0.318 e. The lowest BCUT2D eigenvalue weighted by atomic mass is 10.3. The molecule has 3 aromatic rings. The SMILES string of the molecule is Cn1cc(NC(=O)c2cn(-c3ccc(Br)cc3)cn2)cn1. The molecule has 1 N–H and O–H groups in total. The van der Waals surface area contributed by atoms with Crippen LogP contribution in [0.5, 0.6) is 0 Å². The summed E-state index contributed by atoms with van der Waals surface area (Å²) < 4.78 is 4.42. The monoisotopic (exact) mass is 345 g/mol. The third kappa shape index (κ3) is 3.03. The molecule has 0 bridgehead atoms. The van der Waals surface area contributed by atoms with Crippen LogP contribution in [0.2, 0.25) is 0 Å². The zero-order chi connectivity index (χ0) is 14.8. The molecule has 6 nitrogen and oxygen atoms in total. The molecule has 0 fully saturated rings. The first kappa shape index (κ1) is 13.6. The molecule has 2 heterocycles. The van der Waals surface area contributed by atoms with E-state index in [0.29, 0.717) is 11.4 Å². The molecule has 0 aliphatic carbocycles. The number of hydrogen-bond acceptors (Lipinski definition) is 3. The van der Waals surface area contributed by atoms with Gasteiger partial charge in [-0.1, -0.05) is 15.9 Å². The van der Waals surface area contributed by atoms with Crippen LogP contribution in [0.4, 0.5) is 5.69 Å². The Morgan fingerprint density at radius 2 is 2.00 bits per heavy atom. The summed E-state index contributed by atoms with van der Waals surface area (Å²) in [6.07, 6.45) is 6.61. The first-order valence-electron chi connectivity index (χ1n) is 6.22. The highest BCUT2D eigenvalue weighted by Crippen LogP contribution is 2.15. The highest BCUT2D eigenvalue weighted by atomic mass is 79.9. The van der Waals surface area contributed by atoms with Gasteiger partial charge in [-0.25, -0.2) is 4.98 Å². The van der Waals surface area contributed by atoms with Crippen LogP contribution in [0, 0.1) is 0 Å². The van der Waals surface area contributed by atoms with Gasteiger partial charge in [-0.2, -0.15) is 5.10 Å². The van der Waals surface area contributed by atoms with Crippen molar-refractivity contribution >= 4 is 27.5 Å². The molecule has 0 radical (unpaired) electrons. The minimum atomic E-state index is -0.265. The maximum atomic E-state index is 12.1. The molecular weight excluding hydrogens is 334 g/mol. The number of aryl methyl sites for hydroxylation is 1. The Morgan fingerprint density at radius 1 is 1.24 bits per heavy atom. The molecule has 0 atom stereocenters. The second kappa shape index (κ2) is 5.53. The Balaban J connectivity index is 1.78. The van der Waals surface area contributed by atoms with Crippen LogP contribution in [0.3, 0.4) is 0 Å². The summed E-state index contributed by atoms with van der Waals surface area (Å²) in [6, 6.07) is 7.75. The van der Waals surface area contributed by atoms with E-state index in [9.17, 15) is 4.79 Å². The van der Waals surface area contributed by atoms with Crippen molar-refractivity contribution in [2.24, 2.45) is 7.05 Å². The van der Waals surface area contributed by atoms with Crippen LogP contribution in [0.1, 0.15) is 10.5 Å². The van der Waals surface area contributed by atoms with Gasteiger partial charge in [0.25, 0.3) is 5.91 Å². The van der Waals surface area contributed by atoms with E-state index in [-0.39, 0.29) is 5.91 Å². The maximum Gasteiger partial charge on any atom is 0.275 e. The predicted octanol–water partition coefficient (Wildman–Crippen LogP) is 2.62. The molecule has 0 aliphatic rings. The lowest BCUT2D eigenvalue weighted by molar-refractivity contribution is 0.102. The van der Waals surface area contributed by atoms with Gasteiger partial charge in [0.05, 0.1) is 11.9 Å². The van der Waals surface area contributed by atoms with Crippen LogP contribution in [0.25, 0.3) is 5.69 Å². The number of rotatable bonds is 3. The summed E-state index contributed by atoms with van der Waals surface area (Å²) in [5.41, 5.74) is 1.92. The third-order valence-electron chi connectivity index (χ3n) is 2.90. The standard InChI is InChI=1S/C14H12BrN5O/c1-19-7-11(6-17-19)18-14(21)13-8-20(9-16-13)12-4-2-10(15)3-5-12/h2-9H,1H3,(H,18,21). The summed E-state index contributed by atoms with van der Waals surface area (Å²) in [4.78, 5) is 16.2. The van der Waals surface area contributed by atoms with E-state index in [2.05, 4.69) is 31.3 Å². The van der Waals surface area contributed by atoms with Gasteiger partial charge in [0, 0.05) is 29.6 Å². The summed E-state index contributed by atoms with van der Waals surface area (Å²) in [5.74, 6) is -0.265. The van der Waals surface area contributed by atoms with Gasteiger partial charge in [-0.3, -0.25) is 9.48 Å². The zero-order valence-electron chi connectivity index (χ0n) is 11.2. The van der Waals surface area contributed by atoms with E-state index in [1.54, 1.807) is 41.2 Å². The number of carbonyl (C=O) groups is 1. The van der Waals surface area contributed by atoms with Gasteiger partial charge >= 0.3 is 0 Å². The quantitative estimate of drug-likeness (QED) is 0.793. The van der Waals surface area contributed by atoms with Crippen molar-refractivity contribution in [2.75, 3.05) is 5.32 Å². The first-order chi connectivity index (χ1) is 10.1. The Kier molecular flexibility index (Phi) is 3.57. The van der Waals surface area contributed by atoms with Gasteiger partial charge in [-0.15, -0.1) is 0 Å². The van der Waals surface area contributed by atoms with Crippen LogP contribution < -0.4 is 5.32 Å². The number of halogens is 1. The number of imidazole rings is 1. The number of anilines is 1. The number of carbonyl (C=O) groups excluding carboxylic acids is 1. The second-order valence-electron chi connectivity index (χ2n) is 4.50. The molecule has 0 aliphatic heterocycles. The molecule has 0 unspecified atom stereocenters. The molecule has 0 saturated carbocycles. The van der Waals surface area contributed by atoms with Crippen LogP contribution in [0.15, 0.2) is 53.7 Å². The van der Waals surface area contributed by atoms with Crippen LogP contribution >= 0.6 is 15.9 Å². The minimum Gasteiger partial charge on any atom is -0.318 e. The van der Waals surface area contributed by atoms with Crippen molar-refractivity contribution in [1.82, 2.24) is 19.3 Å². The van der Waals surface area contributed by atoms with Crippen molar-refractivity contribution in [2.45, 2.75) is 0 Å². The smallest absolute Gasteiger partial charge is 0.275 e. The fourth-order valence-electron chi connectivity index (χ4n) is 1.88. The number of nitrogens with zero attached hydrogens (tertiary/aromatic N) is 4. The van der Waals surface area contributed by atoms with Gasteiger partial charge in [0.15, 0.2) is 0 Å². The normalized spacial score (nSPS) is 10.6. The second-order valence-corrected chi connectivity index (χ2v) is 5.42. The van der Waals surface area contributed by atoms with Crippen molar-refractivity contribution < 1.29 is 4.79 Å². The van der Waals surface area contributed by atoms with E-state index < -0.39 is 0 Å². The van der Waals surface area contributed by atoms with Crippen LogP contribution in [-0.4, -0.2) is 25.2 Å². The van der Waals surface area contributed by atoms with E-state index in [0.717, 1.165) is 10.2 Å². The number of benzene rings is 1. The van der Waals surface area contributed by atoms with E-state index in [4.69, 9.17) is 0 Å². The molecule has 0 saturated heterocycles. The lowest BCUT2D eigenvalue weighted by Crippen LogP contribution is -2.11. The Bertz CT molecular complexity index is 775. The van der Waals surface area contributed by atoms with Crippen molar-refractivity contribution in [1.29, 1.82) is 0 Å². The third-order valence-corrected chi connectivity index (χ3v) is 3.43. The lowest BCUT2D eigenvalue weighted by Gasteiger charge is -2.01. The first-order valence-corrected chi connectivity index (χ1v) is 7.01. The average Bonchev–Trinajstić information content (AvgIpc) is 3.09. The molecule has 7 heteroatoms. The topological polar surface area (TPSA) is 64.7 Å². The summed E-state index contributed by atoms with van der Waals surface area (Å²) in [6.45, 7) is 0. The van der Waals surface area contributed by atoms with Gasteiger partial charge < -0.3 is 9.88 Å². The van der Waals surface area contributed by atoms with Crippen molar-refractivity contribution in [3.8, 4) is 5.69 Å². The molecule has 0 spiro atoms. The Labute approximate surface area is 129 Å². The summed E-state index contributed by atoms with van der Waals surface area (Å²) >= 11 is 3.39. The maximum absolute atomic E-state index is 12.1. The zero-order valence-corrected chi connectivity index (χ0v) is 12.8. The van der Waals surface area contributed by atoms with Gasteiger partial charge in [0.1, 0.15) is 12.0 Å². The predicted molar refractivity (Wildman–Crippen MR) is 82.4 cm³/mol. The molecule has 1 aromatic carbocycles. The fraction of sp³-hybridized carbons (Fsp3) is 0.0714. The Morgan fingerprint density at radius 3 is 2.67 bits per heavy atom. The molecule has 21 heavy (non-hydrogen) atoms. The molecular formula is C14H12BrN5O. The number of nitrogens with one attached hydrogen (secondary N) is 1. The van der Waals surface area contributed by atoms with Crippen LogP contribution in [-0.2, 0) is 7.05 Å². The molecule has 106 valence electrons. The average molecular weight is 346 g/mol. The highest BCUT2D eigenvalue weighted by Gasteiger charge is 2.11. The summed E-state index contributed by atoms with van der Waals surface area (Å²) in [7, 11) is 1.79. The number of aromatic nitrogens is 4. The number of hydrogen-bond donors (Lipinski definition) is 1. The van der Waals surface area contributed by atoms with E-state index in [1.807, 2.05) is 24.3 Å². The molecule has 1 amide bonds. The fourth-order valence-corrected chi connectivity index (χ4v) is 2.14. The highest BCUT2D eigenvalue weighted by molar-refractivity contribution is 9.10. The minimum absolute atomic E-state index is 0.265. The van der Waals surface area contributed by atoms with E-state index >= 15 is 0 Å². The van der Waals surface area contributed by atoms with E-state index in [1.165, 1.54) is 0 Å². The number of amides is 1.